The van der Waals surface area contributed by atoms with Gasteiger partial charge in [0.05, 0.1) is 0 Å². The van der Waals surface area contributed by atoms with Gasteiger partial charge in [-0.2, -0.15) is 0 Å². The van der Waals surface area contributed by atoms with E-state index in [0.29, 0.717) is 0 Å². The van der Waals surface area contributed by atoms with E-state index in [9.17, 15) is 0 Å². The van der Waals surface area contributed by atoms with E-state index in [0.717, 1.165) is 27.5 Å². The van der Waals surface area contributed by atoms with Gasteiger partial charge in [0.15, 0.2) is 0 Å². The fourth-order valence-corrected chi connectivity index (χ4v) is 7.80. The molecule has 0 unspecified atom stereocenters. The molecule has 0 spiro atoms. The van der Waals surface area contributed by atoms with E-state index in [1.165, 1.54) is 71.3 Å². The number of fused-ring (bicyclic) bond motifs is 6. The Bertz CT molecular complexity index is 2800. The van der Waals surface area contributed by atoms with Crippen LogP contribution in [0.15, 0.2) is 186 Å². The number of para-hydroxylation sites is 1. The lowest BCUT2D eigenvalue weighted by Gasteiger charge is -2.20. The predicted octanol–water partition coefficient (Wildman–Crippen LogP) is 13.7. The molecule has 1 heteroatoms. The van der Waals surface area contributed by atoms with Gasteiger partial charge in [0.1, 0.15) is 11.2 Å². The van der Waals surface area contributed by atoms with Crippen molar-refractivity contribution in [2.75, 3.05) is 0 Å². The smallest absolute Gasteiger partial charge is 0.136 e. The second-order valence-corrected chi connectivity index (χ2v) is 12.8. The molecular weight excluding hydrogens is 593 g/mol. The molecule has 0 amide bonds. The maximum absolute atomic E-state index is 6.38. The van der Waals surface area contributed by atoms with E-state index in [2.05, 4.69) is 170 Å². The zero-order chi connectivity index (χ0) is 32.3. The van der Waals surface area contributed by atoms with Gasteiger partial charge in [-0.3, -0.25) is 0 Å². The van der Waals surface area contributed by atoms with Crippen molar-refractivity contribution in [2.45, 2.75) is 0 Å². The highest BCUT2D eigenvalue weighted by atomic mass is 16.3. The molecule has 9 aromatic carbocycles. The summed E-state index contributed by atoms with van der Waals surface area (Å²) in [5.41, 5.74) is 11.6. The fraction of sp³-hybridized carbons (Fsp3) is 0. The molecular formula is C48H30O. The monoisotopic (exact) mass is 622 g/mol. The van der Waals surface area contributed by atoms with Crippen molar-refractivity contribution in [1.29, 1.82) is 0 Å². The first-order valence-electron chi connectivity index (χ1n) is 16.8. The van der Waals surface area contributed by atoms with Gasteiger partial charge in [0.25, 0.3) is 0 Å². The van der Waals surface area contributed by atoms with Crippen LogP contribution in [0, 0.1) is 0 Å². The van der Waals surface area contributed by atoms with Crippen LogP contribution in [0.3, 0.4) is 0 Å². The zero-order valence-corrected chi connectivity index (χ0v) is 26.7. The summed E-state index contributed by atoms with van der Waals surface area (Å²) in [6.07, 6.45) is 0. The third-order valence-electron chi connectivity index (χ3n) is 10.0. The maximum atomic E-state index is 6.38. The second kappa shape index (κ2) is 11.1. The third kappa shape index (κ3) is 4.47. The quantitative estimate of drug-likeness (QED) is 0.178. The van der Waals surface area contributed by atoms with E-state index in [1.54, 1.807) is 0 Å². The van der Waals surface area contributed by atoms with Crippen molar-refractivity contribution in [3.05, 3.63) is 182 Å². The highest BCUT2D eigenvalue weighted by molar-refractivity contribution is 6.24. The summed E-state index contributed by atoms with van der Waals surface area (Å²) in [5, 5.41) is 9.69. The third-order valence-corrected chi connectivity index (χ3v) is 10.0. The second-order valence-electron chi connectivity index (χ2n) is 12.8. The summed E-state index contributed by atoms with van der Waals surface area (Å²) in [4.78, 5) is 0. The zero-order valence-electron chi connectivity index (χ0n) is 26.7. The lowest BCUT2D eigenvalue weighted by atomic mass is 9.83. The van der Waals surface area contributed by atoms with Gasteiger partial charge in [0, 0.05) is 10.8 Å². The molecule has 0 fully saturated rings. The number of benzene rings is 9. The van der Waals surface area contributed by atoms with Crippen LogP contribution in [0.2, 0.25) is 0 Å². The molecule has 0 radical (unpaired) electrons. The molecule has 0 N–H and O–H groups in total. The lowest BCUT2D eigenvalue weighted by Crippen LogP contribution is -1.93. The minimum absolute atomic E-state index is 0.909. The first kappa shape index (κ1) is 27.7. The summed E-state index contributed by atoms with van der Waals surface area (Å²) >= 11 is 0. The molecule has 228 valence electrons. The Morgan fingerprint density at radius 2 is 0.755 bits per heavy atom. The van der Waals surface area contributed by atoms with Crippen LogP contribution < -0.4 is 0 Å². The molecule has 0 atom stereocenters. The number of rotatable bonds is 4. The minimum atomic E-state index is 0.909. The molecule has 0 aliphatic rings. The van der Waals surface area contributed by atoms with Gasteiger partial charge in [-0.25, -0.2) is 0 Å². The predicted molar refractivity (Wildman–Crippen MR) is 208 cm³/mol. The fourth-order valence-electron chi connectivity index (χ4n) is 7.80. The lowest BCUT2D eigenvalue weighted by molar-refractivity contribution is 0.669. The maximum Gasteiger partial charge on any atom is 0.136 e. The average molecular weight is 623 g/mol. The van der Waals surface area contributed by atoms with E-state index < -0.39 is 0 Å². The Morgan fingerprint density at radius 3 is 1.43 bits per heavy atom. The largest absolute Gasteiger partial charge is 0.456 e. The first-order chi connectivity index (χ1) is 24.3. The molecule has 0 aliphatic heterocycles. The molecule has 0 saturated heterocycles. The molecule has 0 saturated carbocycles. The Hall–Kier alpha value is -6.44. The van der Waals surface area contributed by atoms with Crippen molar-refractivity contribution in [3.63, 3.8) is 0 Å². The molecule has 1 heterocycles. The van der Waals surface area contributed by atoms with Gasteiger partial charge in [-0.15, -0.1) is 0 Å². The normalized spacial score (nSPS) is 11.7. The minimum Gasteiger partial charge on any atom is -0.456 e. The molecule has 1 aromatic heterocycles. The molecule has 1 nitrogen and oxygen atoms in total. The number of hydrogen-bond donors (Lipinski definition) is 0. The topological polar surface area (TPSA) is 13.1 Å². The number of furan rings is 1. The van der Waals surface area contributed by atoms with Crippen molar-refractivity contribution < 1.29 is 4.42 Å². The van der Waals surface area contributed by atoms with Crippen LogP contribution in [-0.2, 0) is 0 Å². The highest BCUT2D eigenvalue weighted by Crippen LogP contribution is 2.47. The van der Waals surface area contributed by atoms with Crippen LogP contribution in [0.4, 0.5) is 0 Å². The standard InChI is InChI=1S/C48H30O/c1-3-13-31(14-4-1)33-23-25-37-36(27-33)28-35(32-15-5-2-6-16-32)29-44(37)48-42-20-9-7-18-40(42)47(41-19-8-10-21-43(41)48)34-24-26-39-38-17-11-12-22-45(38)49-46(39)30-34/h1-30H. The van der Waals surface area contributed by atoms with Crippen LogP contribution in [-0.4, -0.2) is 0 Å². The van der Waals surface area contributed by atoms with Crippen molar-refractivity contribution in [3.8, 4) is 44.5 Å². The summed E-state index contributed by atoms with van der Waals surface area (Å²) in [6.45, 7) is 0. The SMILES string of the molecule is c1ccc(-c2ccc3c(-c4c5ccccc5c(-c5ccc6c(c5)oc5ccccc56)c5ccccc45)cc(-c4ccccc4)cc3c2)cc1. The summed E-state index contributed by atoms with van der Waals surface area (Å²) in [5.74, 6) is 0. The molecule has 0 bridgehead atoms. The van der Waals surface area contributed by atoms with Crippen molar-refractivity contribution in [2.24, 2.45) is 0 Å². The van der Waals surface area contributed by atoms with E-state index in [1.807, 2.05) is 12.1 Å². The van der Waals surface area contributed by atoms with E-state index in [4.69, 9.17) is 4.42 Å². The Kier molecular flexibility index (Phi) is 6.25. The van der Waals surface area contributed by atoms with Crippen molar-refractivity contribution >= 4 is 54.3 Å². The summed E-state index contributed by atoms with van der Waals surface area (Å²) < 4.78 is 6.38. The van der Waals surface area contributed by atoms with Crippen LogP contribution >= 0.6 is 0 Å². The van der Waals surface area contributed by atoms with Crippen molar-refractivity contribution in [1.82, 2.24) is 0 Å². The van der Waals surface area contributed by atoms with Gasteiger partial charge >= 0.3 is 0 Å². The van der Waals surface area contributed by atoms with Gasteiger partial charge < -0.3 is 4.42 Å². The summed E-state index contributed by atoms with van der Waals surface area (Å²) in [7, 11) is 0. The Labute approximate surface area is 284 Å². The average Bonchev–Trinajstić information content (AvgIpc) is 3.55. The van der Waals surface area contributed by atoms with Crippen LogP contribution in [0.1, 0.15) is 0 Å². The molecule has 10 rings (SSSR count). The van der Waals surface area contributed by atoms with E-state index >= 15 is 0 Å². The number of hydrogen-bond acceptors (Lipinski definition) is 1. The first-order valence-corrected chi connectivity index (χ1v) is 16.8. The Balaban J connectivity index is 1.29. The summed E-state index contributed by atoms with van der Waals surface area (Å²) in [6, 6.07) is 65.9. The van der Waals surface area contributed by atoms with Gasteiger partial charge in [-0.05, 0) is 113 Å². The molecule has 10 aromatic rings. The van der Waals surface area contributed by atoms with Gasteiger partial charge in [0.2, 0.25) is 0 Å². The highest BCUT2D eigenvalue weighted by Gasteiger charge is 2.20. The Morgan fingerprint density at radius 1 is 0.265 bits per heavy atom. The molecule has 49 heavy (non-hydrogen) atoms. The van der Waals surface area contributed by atoms with Crippen LogP contribution in [0.5, 0.6) is 0 Å². The van der Waals surface area contributed by atoms with E-state index in [-0.39, 0.29) is 0 Å². The van der Waals surface area contributed by atoms with Crippen LogP contribution in [0.25, 0.3) is 98.8 Å². The molecule has 0 aliphatic carbocycles. The van der Waals surface area contributed by atoms with Gasteiger partial charge in [-0.1, -0.05) is 146 Å².